The molecule has 0 aromatic rings. The van der Waals surface area contributed by atoms with Crippen molar-refractivity contribution in [3.63, 3.8) is 0 Å². The summed E-state index contributed by atoms with van der Waals surface area (Å²) in [6.45, 7) is 8.11. The van der Waals surface area contributed by atoms with Gasteiger partial charge in [-0.05, 0) is 31.8 Å². The van der Waals surface area contributed by atoms with Gasteiger partial charge in [-0.3, -0.25) is 0 Å². The van der Waals surface area contributed by atoms with Crippen molar-refractivity contribution in [2.45, 2.75) is 44.0 Å². The predicted molar refractivity (Wildman–Crippen MR) is 66.8 cm³/mol. The van der Waals surface area contributed by atoms with Crippen LogP contribution >= 0.6 is 0 Å². The van der Waals surface area contributed by atoms with Gasteiger partial charge >= 0.3 is 5.97 Å². The summed E-state index contributed by atoms with van der Waals surface area (Å²) in [7, 11) is 0. The van der Waals surface area contributed by atoms with Crippen molar-refractivity contribution in [3.8, 4) is 0 Å². The van der Waals surface area contributed by atoms with E-state index in [2.05, 4.69) is 32.6 Å². The van der Waals surface area contributed by atoms with Crippen LogP contribution in [-0.2, 0) is 19.3 Å². The Morgan fingerprint density at radius 2 is 2.11 bits per heavy atom. The van der Waals surface area contributed by atoms with Crippen LogP contribution < -0.4 is 0 Å². The second-order valence-corrected chi connectivity index (χ2v) is 6.54. The molecule has 0 radical (unpaired) electrons. The molecule has 4 heteroatoms. The first kappa shape index (κ1) is 11.7. The molecule has 0 amide bonds. The van der Waals surface area contributed by atoms with Crippen molar-refractivity contribution in [2.75, 3.05) is 0 Å². The fourth-order valence-electron chi connectivity index (χ4n) is 4.28. The van der Waals surface area contributed by atoms with Gasteiger partial charge in [-0.25, -0.2) is 14.6 Å². The van der Waals surface area contributed by atoms with Crippen LogP contribution in [0, 0.1) is 17.8 Å². The molecular formula is C15H18O4. The van der Waals surface area contributed by atoms with Crippen molar-refractivity contribution < 1.29 is 19.3 Å². The fraction of sp³-hybridized carbons (Fsp3) is 0.667. The van der Waals surface area contributed by atoms with E-state index in [1.54, 1.807) is 0 Å². The Labute approximate surface area is 112 Å². The van der Waals surface area contributed by atoms with Crippen LogP contribution in [0.3, 0.4) is 0 Å². The van der Waals surface area contributed by atoms with Crippen LogP contribution in [-0.4, -0.2) is 23.3 Å². The summed E-state index contributed by atoms with van der Waals surface area (Å²) < 4.78 is 5.47. The van der Waals surface area contributed by atoms with Crippen molar-refractivity contribution in [1.82, 2.24) is 0 Å². The molecule has 6 atom stereocenters. The lowest BCUT2D eigenvalue weighted by atomic mass is 9.74. The number of hydrogen-bond donors (Lipinski definition) is 0. The van der Waals surface area contributed by atoms with E-state index in [1.165, 1.54) is 0 Å². The van der Waals surface area contributed by atoms with Gasteiger partial charge in [-0.15, -0.1) is 0 Å². The van der Waals surface area contributed by atoms with Crippen molar-refractivity contribution >= 4 is 5.97 Å². The first-order valence-electron chi connectivity index (χ1n) is 6.93. The number of rotatable bonds is 0. The van der Waals surface area contributed by atoms with Crippen LogP contribution in [0.4, 0.5) is 0 Å². The molecule has 2 aliphatic carbocycles. The highest BCUT2D eigenvalue weighted by atomic mass is 17.2. The van der Waals surface area contributed by atoms with Crippen LogP contribution in [0.5, 0.6) is 0 Å². The molecule has 0 aromatic heterocycles. The van der Waals surface area contributed by atoms with Crippen molar-refractivity contribution in [1.29, 1.82) is 0 Å². The summed E-state index contributed by atoms with van der Waals surface area (Å²) in [4.78, 5) is 23.0. The minimum absolute atomic E-state index is 0.0446. The minimum Gasteiger partial charge on any atom is -0.458 e. The molecule has 0 aromatic carbocycles. The quantitative estimate of drug-likeness (QED) is 0.290. The van der Waals surface area contributed by atoms with Gasteiger partial charge in [0.15, 0.2) is 0 Å². The summed E-state index contributed by atoms with van der Waals surface area (Å²) in [6, 6.07) is 0. The number of hydrogen-bond acceptors (Lipinski definition) is 4. The predicted octanol–water partition coefficient (Wildman–Crippen LogP) is 2.16. The SMILES string of the molecule is C=C1C(=O)OC2CC(C)C34C=CC(C)(OO3)C4CC12. The third-order valence-electron chi connectivity index (χ3n) is 5.54. The molecule has 4 aliphatic rings. The number of fused-ring (bicyclic) bond motifs is 1. The number of esters is 1. The van der Waals surface area contributed by atoms with Crippen LogP contribution in [0.15, 0.2) is 24.3 Å². The first-order chi connectivity index (χ1) is 8.96. The number of carbonyl (C=O) groups is 1. The molecule has 0 spiro atoms. The lowest BCUT2D eigenvalue weighted by Crippen LogP contribution is -2.40. The molecule has 2 bridgehead atoms. The Kier molecular flexibility index (Phi) is 2.03. The van der Waals surface area contributed by atoms with Gasteiger partial charge in [0.1, 0.15) is 17.3 Å². The Morgan fingerprint density at radius 3 is 2.79 bits per heavy atom. The summed E-state index contributed by atoms with van der Waals surface area (Å²) in [5, 5.41) is 0. The normalized spacial score (nSPS) is 54.8. The van der Waals surface area contributed by atoms with Gasteiger partial charge in [-0.1, -0.05) is 19.6 Å². The topological polar surface area (TPSA) is 44.8 Å². The van der Waals surface area contributed by atoms with E-state index in [0.717, 1.165) is 12.8 Å². The maximum atomic E-state index is 11.7. The standard InChI is InChI=1S/C15H18O4/c1-8-6-11-10(9(2)13(16)17-11)7-12-14(3)4-5-15(8,12)19-18-14/h4-5,8,10-12H,2,6-7H2,1,3H3. The zero-order valence-corrected chi connectivity index (χ0v) is 11.2. The second kappa shape index (κ2) is 3.30. The number of ether oxygens (including phenoxy) is 1. The summed E-state index contributed by atoms with van der Waals surface area (Å²) in [5.41, 5.74) is -0.120. The third kappa shape index (κ3) is 1.24. The van der Waals surface area contributed by atoms with Crippen molar-refractivity contribution in [2.24, 2.45) is 17.8 Å². The Morgan fingerprint density at radius 1 is 1.32 bits per heavy atom. The summed E-state index contributed by atoms with van der Waals surface area (Å²) >= 11 is 0. The third-order valence-corrected chi connectivity index (χ3v) is 5.54. The molecule has 2 saturated heterocycles. The van der Waals surface area contributed by atoms with Crippen LogP contribution in [0.1, 0.15) is 26.7 Å². The maximum absolute atomic E-state index is 11.7. The van der Waals surface area contributed by atoms with E-state index in [1.807, 2.05) is 0 Å². The lowest BCUT2D eigenvalue weighted by Gasteiger charge is -2.31. The van der Waals surface area contributed by atoms with Crippen molar-refractivity contribution in [3.05, 3.63) is 24.3 Å². The second-order valence-electron chi connectivity index (χ2n) is 6.54. The smallest absolute Gasteiger partial charge is 0.334 e. The summed E-state index contributed by atoms with van der Waals surface area (Å²) in [5.74, 6) is 0.359. The van der Waals surface area contributed by atoms with E-state index >= 15 is 0 Å². The molecule has 0 N–H and O–H groups in total. The Hall–Kier alpha value is -1.13. The van der Waals surface area contributed by atoms with E-state index in [0.29, 0.717) is 5.57 Å². The molecule has 19 heavy (non-hydrogen) atoms. The van der Waals surface area contributed by atoms with E-state index in [-0.39, 0.29) is 41.0 Å². The van der Waals surface area contributed by atoms with Crippen LogP contribution in [0.25, 0.3) is 0 Å². The monoisotopic (exact) mass is 262 g/mol. The van der Waals surface area contributed by atoms with Gasteiger partial charge in [0.05, 0.1) is 0 Å². The minimum atomic E-state index is -0.380. The molecular weight excluding hydrogens is 244 g/mol. The molecule has 4 nitrogen and oxygen atoms in total. The van der Waals surface area contributed by atoms with Gasteiger partial charge in [0.25, 0.3) is 0 Å². The first-order valence-corrected chi connectivity index (χ1v) is 6.93. The molecule has 2 heterocycles. The fourth-order valence-corrected chi connectivity index (χ4v) is 4.28. The zero-order chi connectivity index (χ0) is 13.4. The molecule has 6 unspecified atom stereocenters. The highest BCUT2D eigenvalue weighted by molar-refractivity contribution is 5.90. The van der Waals surface area contributed by atoms with Crippen LogP contribution in [0.2, 0.25) is 0 Å². The van der Waals surface area contributed by atoms with Gasteiger partial charge in [0, 0.05) is 17.4 Å². The maximum Gasteiger partial charge on any atom is 0.334 e. The molecule has 102 valence electrons. The largest absolute Gasteiger partial charge is 0.458 e. The zero-order valence-electron chi connectivity index (χ0n) is 11.2. The van der Waals surface area contributed by atoms with E-state index in [4.69, 9.17) is 14.5 Å². The van der Waals surface area contributed by atoms with Gasteiger partial charge < -0.3 is 4.74 Å². The lowest BCUT2D eigenvalue weighted by molar-refractivity contribution is -0.344. The highest BCUT2D eigenvalue weighted by Crippen LogP contribution is 2.59. The molecule has 1 saturated carbocycles. The van der Waals surface area contributed by atoms with E-state index < -0.39 is 0 Å². The van der Waals surface area contributed by atoms with Gasteiger partial charge in [0.2, 0.25) is 0 Å². The van der Waals surface area contributed by atoms with Gasteiger partial charge in [-0.2, -0.15) is 0 Å². The average molecular weight is 262 g/mol. The highest BCUT2D eigenvalue weighted by Gasteiger charge is 2.66. The average Bonchev–Trinajstić information content (AvgIpc) is 2.88. The summed E-state index contributed by atoms with van der Waals surface area (Å²) in [6.07, 6.45) is 5.85. The molecule has 3 fully saturated rings. The number of carbonyl (C=O) groups excluding carboxylic acids is 1. The Balaban J connectivity index is 1.77. The van der Waals surface area contributed by atoms with E-state index in [9.17, 15) is 4.79 Å². The molecule has 2 aliphatic heterocycles. The Bertz CT molecular complexity index is 510. The molecule has 4 rings (SSSR count).